The van der Waals surface area contributed by atoms with Crippen LogP contribution >= 0.6 is 0 Å². The number of imide groups is 1. The van der Waals surface area contributed by atoms with Gasteiger partial charge in [-0.2, -0.15) is 0 Å². The van der Waals surface area contributed by atoms with Crippen LogP contribution in [0.5, 0.6) is 0 Å². The monoisotopic (exact) mass is 292 g/mol. The molecule has 6 heteroatoms. The smallest absolute Gasteiger partial charge is 0.321 e. The number of amides is 3. The summed E-state index contributed by atoms with van der Waals surface area (Å²) < 4.78 is 0. The fourth-order valence-corrected chi connectivity index (χ4v) is 1.82. The number of nitrogens with zero attached hydrogens (tertiary/aromatic N) is 1. The molecule has 0 heterocycles. The fraction of sp³-hybridized carbons (Fsp3) is 0.467. The van der Waals surface area contributed by atoms with Crippen LogP contribution in [0.4, 0.5) is 10.5 Å². The molecule has 0 aliphatic carbocycles. The molecule has 1 rings (SSSR count). The molecule has 3 N–H and O–H groups in total. The highest BCUT2D eigenvalue weighted by Gasteiger charge is 2.13. The summed E-state index contributed by atoms with van der Waals surface area (Å²) >= 11 is 0. The third kappa shape index (κ3) is 6.27. The van der Waals surface area contributed by atoms with Gasteiger partial charge < -0.3 is 15.5 Å². The largest absolute Gasteiger partial charge is 0.375 e. The molecule has 21 heavy (non-hydrogen) atoms. The van der Waals surface area contributed by atoms with Gasteiger partial charge in [0.2, 0.25) is 5.91 Å². The molecule has 0 bridgehead atoms. The van der Waals surface area contributed by atoms with Crippen LogP contribution in [0.15, 0.2) is 30.3 Å². The fourth-order valence-electron chi connectivity index (χ4n) is 1.82. The van der Waals surface area contributed by atoms with Gasteiger partial charge in [0, 0.05) is 26.3 Å². The van der Waals surface area contributed by atoms with Crippen molar-refractivity contribution in [1.82, 2.24) is 16.0 Å². The average Bonchev–Trinajstić information content (AvgIpc) is 2.51. The van der Waals surface area contributed by atoms with E-state index in [1.807, 2.05) is 25.2 Å². The predicted molar refractivity (Wildman–Crippen MR) is 84.4 cm³/mol. The molecule has 0 spiro atoms. The van der Waals surface area contributed by atoms with Gasteiger partial charge in [0.1, 0.15) is 0 Å². The number of rotatable bonds is 7. The van der Waals surface area contributed by atoms with Crippen molar-refractivity contribution in [3.8, 4) is 0 Å². The summed E-state index contributed by atoms with van der Waals surface area (Å²) in [6.45, 7) is 3.33. The van der Waals surface area contributed by atoms with Crippen LogP contribution in [0.3, 0.4) is 0 Å². The molecule has 0 radical (unpaired) electrons. The Bertz CT molecular complexity index is 450. The quantitative estimate of drug-likeness (QED) is 0.654. The second-order valence-electron chi connectivity index (χ2n) is 4.85. The Hall–Kier alpha value is -2.08. The Morgan fingerprint density at radius 1 is 1.24 bits per heavy atom. The average molecular weight is 292 g/mol. The van der Waals surface area contributed by atoms with E-state index in [1.165, 1.54) is 12.7 Å². The molecular formula is C15H24N4O2. The van der Waals surface area contributed by atoms with Gasteiger partial charge >= 0.3 is 6.03 Å². The Kier molecular flexibility index (Phi) is 7.25. The van der Waals surface area contributed by atoms with E-state index in [0.717, 1.165) is 13.0 Å². The lowest BCUT2D eigenvalue weighted by atomic mass is 10.2. The normalized spacial score (nSPS) is 11.6. The van der Waals surface area contributed by atoms with Crippen molar-refractivity contribution in [3.63, 3.8) is 0 Å². The van der Waals surface area contributed by atoms with Gasteiger partial charge in [-0.05, 0) is 32.0 Å². The lowest BCUT2D eigenvalue weighted by Gasteiger charge is -2.20. The van der Waals surface area contributed by atoms with E-state index in [0.29, 0.717) is 6.54 Å². The second kappa shape index (κ2) is 8.97. The molecular weight excluding hydrogens is 268 g/mol. The number of benzene rings is 1. The minimum absolute atomic E-state index is 0.328. The highest BCUT2D eigenvalue weighted by molar-refractivity contribution is 5.96. The van der Waals surface area contributed by atoms with Crippen molar-refractivity contribution in [2.24, 2.45) is 0 Å². The molecule has 1 aromatic rings. The molecule has 0 saturated carbocycles. The molecule has 6 nitrogen and oxygen atoms in total. The first kappa shape index (κ1) is 17.0. The molecule has 1 unspecified atom stereocenters. The summed E-state index contributed by atoms with van der Waals surface area (Å²) in [5.41, 5.74) is 1.17. The topological polar surface area (TPSA) is 73.5 Å². The van der Waals surface area contributed by atoms with Gasteiger partial charge in [0.15, 0.2) is 0 Å². The summed E-state index contributed by atoms with van der Waals surface area (Å²) in [6.07, 6.45) is 0.906. The maximum Gasteiger partial charge on any atom is 0.321 e. The zero-order valence-electron chi connectivity index (χ0n) is 12.8. The SMILES string of the molecule is CNC(=O)NC(=O)C(C)NCCCN(C)c1ccccc1. The minimum Gasteiger partial charge on any atom is -0.375 e. The van der Waals surface area contributed by atoms with E-state index in [-0.39, 0.29) is 5.91 Å². The number of hydrogen-bond acceptors (Lipinski definition) is 4. The summed E-state index contributed by atoms with van der Waals surface area (Å²) in [5.74, 6) is -0.328. The van der Waals surface area contributed by atoms with E-state index in [9.17, 15) is 9.59 Å². The van der Waals surface area contributed by atoms with Crippen LogP contribution in [0.2, 0.25) is 0 Å². The van der Waals surface area contributed by atoms with Gasteiger partial charge in [-0.3, -0.25) is 10.1 Å². The standard InChI is InChI=1S/C15H24N4O2/c1-12(14(20)18-15(21)16-2)17-10-7-11-19(3)13-8-5-4-6-9-13/h4-6,8-9,12,17H,7,10-11H2,1-3H3,(H2,16,18,20,21). The molecule has 0 aromatic heterocycles. The Labute approximate surface area is 125 Å². The van der Waals surface area contributed by atoms with Crippen LogP contribution in [0.25, 0.3) is 0 Å². The van der Waals surface area contributed by atoms with Crippen molar-refractivity contribution in [2.45, 2.75) is 19.4 Å². The summed E-state index contributed by atoms with van der Waals surface area (Å²) in [7, 11) is 3.51. The minimum atomic E-state index is -0.488. The molecule has 0 aliphatic heterocycles. The highest BCUT2D eigenvalue weighted by Crippen LogP contribution is 2.10. The molecule has 0 aliphatic rings. The van der Waals surface area contributed by atoms with E-state index in [4.69, 9.17) is 0 Å². The lowest BCUT2D eigenvalue weighted by molar-refractivity contribution is -0.121. The maximum absolute atomic E-state index is 11.6. The third-order valence-electron chi connectivity index (χ3n) is 3.17. The van der Waals surface area contributed by atoms with Crippen molar-refractivity contribution >= 4 is 17.6 Å². The van der Waals surface area contributed by atoms with Crippen molar-refractivity contribution in [2.75, 3.05) is 32.1 Å². The summed E-state index contributed by atoms with van der Waals surface area (Å²) in [6, 6.07) is 9.25. The number of anilines is 1. The van der Waals surface area contributed by atoms with Gasteiger partial charge in [-0.15, -0.1) is 0 Å². The molecule has 3 amide bonds. The molecule has 0 saturated heterocycles. The number of carbonyl (C=O) groups excluding carboxylic acids is 2. The number of nitrogens with one attached hydrogen (secondary N) is 3. The van der Waals surface area contributed by atoms with Crippen molar-refractivity contribution in [3.05, 3.63) is 30.3 Å². The van der Waals surface area contributed by atoms with Gasteiger partial charge in [-0.25, -0.2) is 4.79 Å². The number of hydrogen-bond donors (Lipinski definition) is 3. The molecule has 1 aromatic carbocycles. The first-order valence-corrected chi connectivity index (χ1v) is 7.06. The lowest BCUT2D eigenvalue weighted by Crippen LogP contribution is -2.47. The molecule has 1 atom stereocenters. The third-order valence-corrected chi connectivity index (χ3v) is 3.17. The Morgan fingerprint density at radius 2 is 1.90 bits per heavy atom. The Balaban J connectivity index is 2.21. The first-order valence-electron chi connectivity index (χ1n) is 7.06. The first-order chi connectivity index (χ1) is 10.0. The Morgan fingerprint density at radius 3 is 2.52 bits per heavy atom. The summed E-state index contributed by atoms with van der Waals surface area (Å²) in [4.78, 5) is 24.8. The van der Waals surface area contributed by atoms with Crippen LogP contribution in [-0.4, -0.2) is 45.2 Å². The van der Waals surface area contributed by atoms with Crippen LogP contribution in [0.1, 0.15) is 13.3 Å². The zero-order chi connectivity index (χ0) is 15.7. The van der Waals surface area contributed by atoms with E-state index < -0.39 is 12.1 Å². The number of urea groups is 1. The van der Waals surface area contributed by atoms with Crippen molar-refractivity contribution in [1.29, 1.82) is 0 Å². The van der Waals surface area contributed by atoms with Crippen LogP contribution < -0.4 is 20.9 Å². The highest BCUT2D eigenvalue weighted by atomic mass is 16.2. The van der Waals surface area contributed by atoms with Gasteiger partial charge in [0.05, 0.1) is 6.04 Å². The molecule has 116 valence electrons. The number of para-hydroxylation sites is 1. The van der Waals surface area contributed by atoms with Crippen LogP contribution in [-0.2, 0) is 4.79 Å². The zero-order valence-corrected chi connectivity index (χ0v) is 12.8. The summed E-state index contributed by atoms with van der Waals surface area (Å²) in [5, 5.41) is 7.69. The van der Waals surface area contributed by atoms with Crippen molar-refractivity contribution < 1.29 is 9.59 Å². The van der Waals surface area contributed by atoms with E-state index in [2.05, 4.69) is 33.0 Å². The second-order valence-corrected chi connectivity index (χ2v) is 4.85. The predicted octanol–water partition coefficient (Wildman–Crippen LogP) is 0.947. The number of carbonyl (C=O) groups is 2. The van der Waals surface area contributed by atoms with Gasteiger partial charge in [-0.1, -0.05) is 18.2 Å². The maximum atomic E-state index is 11.6. The van der Waals surface area contributed by atoms with E-state index in [1.54, 1.807) is 6.92 Å². The van der Waals surface area contributed by atoms with Crippen LogP contribution in [0, 0.1) is 0 Å². The van der Waals surface area contributed by atoms with Gasteiger partial charge in [0.25, 0.3) is 0 Å². The molecule has 0 fully saturated rings. The van der Waals surface area contributed by atoms with E-state index >= 15 is 0 Å².